The summed E-state index contributed by atoms with van der Waals surface area (Å²) in [7, 11) is 2.80. The molecule has 1 fully saturated rings. The number of rotatable bonds is 1. The van der Waals surface area contributed by atoms with E-state index < -0.39 is 0 Å². The second-order valence-corrected chi connectivity index (χ2v) is 4.34. The lowest BCUT2D eigenvalue weighted by Crippen LogP contribution is -2.50. The van der Waals surface area contributed by atoms with E-state index in [-0.39, 0.29) is 0 Å². The minimum atomic E-state index is 0.691. The summed E-state index contributed by atoms with van der Waals surface area (Å²) in [6.07, 6.45) is 0. The van der Waals surface area contributed by atoms with Crippen molar-refractivity contribution in [1.29, 1.82) is 0 Å². The van der Waals surface area contributed by atoms with E-state index in [2.05, 4.69) is 39.7 Å². The fourth-order valence-electron chi connectivity index (χ4n) is 1.47. The lowest BCUT2D eigenvalue weighted by molar-refractivity contribution is 0.122. The standard InChI is InChI=1S/C8H19N2P/c1-7(2)9-4-5-10(11)8(3)6-9/h7-8H,4-6,11H2,1-3H3. The minimum absolute atomic E-state index is 0.691. The molecule has 1 rings (SSSR count). The maximum atomic E-state index is 2.80. The Kier molecular flexibility index (Phi) is 3.29. The molecular weight excluding hydrogens is 155 g/mol. The summed E-state index contributed by atoms with van der Waals surface area (Å²) in [5, 5.41) is 0. The third-order valence-electron chi connectivity index (χ3n) is 2.44. The topological polar surface area (TPSA) is 6.48 Å². The Balaban J connectivity index is 2.40. The van der Waals surface area contributed by atoms with E-state index in [0.717, 1.165) is 0 Å². The summed E-state index contributed by atoms with van der Waals surface area (Å²) in [5.41, 5.74) is 0. The van der Waals surface area contributed by atoms with Crippen LogP contribution in [-0.2, 0) is 0 Å². The van der Waals surface area contributed by atoms with Crippen molar-refractivity contribution < 1.29 is 0 Å². The van der Waals surface area contributed by atoms with Crippen LogP contribution in [0.2, 0.25) is 0 Å². The van der Waals surface area contributed by atoms with Gasteiger partial charge in [-0.05, 0) is 20.8 Å². The van der Waals surface area contributed by atoms with E-state index in [1.165, 1.54) is 19.6 Å². The van der Waals surface area contributed by atoms with Crippen LogP contribution >= 0.6 is 9.39 Å². The molecule has 0 amide bonds. The highest BCUT2D eigenvalue weighted by atomic mass is 31.0. The maximum absolute atomic E-state index is 2.80. The Bertz CT molecular complexity index is 127. The van der Waals surface area contributed by atoms with Crippen molar-refractivity contribution in [1.82, 2.24) is 9.57 Å². The van der Waals surface area contributed by atoms with Gasteiger partial charge in [0.15, 0.2) is 0 Å². The molecule has 0 aromatic rings. The molecule has 1 aliphatic heterocycles. The van der Waals surface area contributed by atoms with Crippen LogP contribution in [0.15, 0.2) is 0 Å². The molecule has 1 heterocycles. The van der Waals surface area contributed by atoms with Gasteiger partial charge in [-0.25, -0.2) is 0 Å². The smallest absolute Gasteiger partial charge is 0.0229 e. The van der Waals surface area contributed by atoms with Gasteiger partial charge in [-0.15, -0.1) is 0 Å². The molecule has 1 aliphatic rings. The van der Waals surface area contributed by atoms with Crippen LogP contribution in [0.25, 0.3) is 0 Å². The first-order chi connectivity index (χ1) is 5.11. The molecule has 0 aliphatic carbocycles. The highest BCUT2D eigenvalue weighted by Crippen LogP contribution is 2.14. The van der Waals surface area contributed by atoms with Crippen molar-refractivity contribution in [2.24, 2.45) is 0 Å². The summed E-state index contributed by atoms with van der Waals surface area (Å²) in [6, 6.07) is 1.40. The zero-order valence-electron chi connectivity index (χ0n) is 7.75. The Morgan fingerprint density at radius 1 is 1.36 bits per heavy atom. The lowest BCUT2D eigenvalue weighted by atomic mass is 10.2. The van der Waals surface area contributed by atoms with Crippen LogP contribution in [0.5, 0.6) is 0 Å². The molecule has 0 radical (unpaired) electrons. The van der Waals surface area contributed by atoms with Gasteiger partial charge in [0.25, 0.3) is 0 Å². The van der Waals surface area contributed by atoms with Crippen LogP contribution in [0, 0.1) is 0 Å². The number of piperazine rings is 1. The van der Waals surface area contributed by atoms with Gasteiger partial charge in [-0.2, -0.15) is 0 Å². The fourth-order valence-corrected chi connectivity index (χ4v) is 1.68. The van der Waals surface area contributed by atoms with Gasteiger partial charge in [0.05, 0.1) is 0 Å². The first kappa shape index (κ1) is 9.44. The Morgan fingerprint density at radius 3 is 2.45 bits per heavy atom. The molecule has 0 saturated carbocycles. The van der Waals surface area contributed by atoms with E-state index in [4.69, 9.17) is 0 Å². The van der Waals surface area contributed by atoms with Gasteiger partial charge in [-0.3, -0.25) is 9.57 Å². The molecule has 11 heavy (non-hydrogen) atoms. The summed E-state index contributed by atoms with van der Waals surface area (Å²) in [6.45, 7) is 10.4. The second kappa shape index (κ2) is 3.84. The van der Waals surface area contributed by atoms with Gasteiger partial charge in [0.2, 0.25) is 0 Å². The summed E-state index contributed by atoms with van der Waals surface area (Å²) < 4.78 is 2.35. The Morgan fingerprint density at radius 2 is 2.00 bits per heavy atom. The van der Waals surface area contributed by atoms with Crippen molar-refractivity contribution >= 4 is 9.39 Å². The highest BCUT2D eigenvalue weighted by molar-refractivity contribution is 7.13. The van der Waals surface area contributed by atoms with Gasteiger partial charge in [-0.1, -0.05) is 9.39 Å². The third-order valence-corrected chi connectivity index (χ3v) is 3.21. The van der Waals surface area contributed by atoms with Crippen molar-refractivity contribution in [3.63, 3.8) is 0 Å². The van der Waals surface area contributed by atoms with Crippen LogP contribution in [0.3, 0.4) is 0 Å². The quantitative estimate of drug-likeness (QED) is 0.551. The van der Waals surface area contributed by atoms with E-state index in [0.29, 0.717) is 12.1 Å². The van der Waals surface area contributed by atoms with Gasteiger partial charge in [0, 0.05) is 31.7 Å². The monoisotopic (exact) mass is 174 g/mol. The maximum Gasteiger partial charge on any atom is 0.0229 e. The molecule has 66 valence electrons. The molecular formula is C8H19N2P. The molecule has 2 unspecified atom stereocenters. The first-order valence-corrected chi connectivity index (χ1v) is 4.88. The Labute approximate surface area is 72.2 Å². The van der Waals surface area contributed by atoms with E-state index in [1.54, 1.807) is 0 Å². The number of nitrogens with zero attached hydrogens (tertiary/aromatic N) is 2. The molecule has 2 nitrogen and oxygen atoms in total. The molecule has 1 saturated heterocycles. The zero-order valence-corrected chi connectivity index (χ0v) is 8.90. The van der Waals surface area contributed by atoms with Crippen molar-refractivity contribution in [2.45, 2.75) is 32.9 Å². The summed E-state index contributed by atoms with van der Waals surface area (Å²) in [5.74, 6) is 0. The normalized spacial score (nSPS) is 29.7. The van der Waals surface area contributed by atoms with Crippen molar-refractivity contribution in [2.75, 3.05) is 19.6 Å². The number of hydrogen-bond donors (Lipinski definition) is 0. The molecule has 0 spiro atoms. The van der Waals surface area contributed by atoms with E-state index >= 15 is 0 Å². The lowest BCUT2D eigenvalue weighted by Gasteiger charge is -2.39. The average Bonchev–Trinajstić information content (AvgIpc) is 1.94. The SMILES string of the molecule is CC1CN(C(C)C)CCN1P. The average molecular weight is 174 g/mol. The van der Waals surface area contributed by atoms with Crippen LogP contribution in [0.4, 0.5) is 0 Å². The van der Waals surface area contributed by atoms with Gasteiger partial charge < -0.3 is 0 Å². The van der Waals surface area contributed by atoms with E-state index in [1.807, 2.05) is 0 Å². The summed E-state index contributed by atoms with van der Waals surface area (Å²) >= 11 is 0. The molecule has 2 atom stereocenters. The van der Waals surface area contributed by atoms with Crippen LogP contribution in [0.1, 0.15) is 20.8 Å². The predicted octanol–water partition coefficient (Wildman–Crippen LogP) is 1.19. The van der Waals surface area contributed by atoms with Crippen molar-refractivity contribution in [3.05, 3.63) is 0 Å². The largest absolute Gasteiger partial charge is 0.298 e. The molecule has 0 aromatic carbocycles. The first-order valence-electron chi connectivity index (χ1n) is 4.36. The molecule has 0 bridgehead atoms. The predicted molar refractivity (Wildman–Crippen MR) is 52.6 cm³/mol. The van der Waals surface area contributed by atoms with Crippen molar-refractivity contribution in [3.8, 4) is 0 Å². The summed E-state index contributed by atoms with van der Waals surface area (Å²) in [4.78, 5) is 2.53. The second-order valence-electron chi connectivity index (χ2n) is 3.68. The van der Waals surface area contributed by atoms with Gasteiger partial charge >= 0.3 is 0 Å². The number of hydrogen-bond acceptors (Lipinski definition) is 2. The third kappa shape index (κ3) is 2.40. The molecule has 3 heteroatoms. The molecule has 0 N–H and O–H groups in total. The zero-order chi connectivity index (χ0) is 8.43. The van der Waals surface area contributed by atoms with Crippen LogP contribution < -0.4 is 0 Å². The van der Waals surface area contributed by atoms with Crippen LogP contribution in [-0.4, -0.2) is 41.3 Å². The highest BCUT2D eigenvalue weighted by Gasteiger charge is 2.21. The Hall–Kier alpha value is 0.350. The van der Waals surface area contributed by atoms with Gasteiger partial charge in [0.1, 0.15) is 0 Å². The minimum Gasteiger partial charge on any atom is -0.298 e. The molecule has 0 aromatic heterocycles. The van der Waals surface area contributed by atoms with E-state index in [9.17, 15) is 0 Å². The fraction of sp³-hybridized carbons (Fsp3) is 1.00.